The van der Waals surface area contributed by atoms with E-state index in [4.69, 9.17) is 15.3 Å². The number of halogens is 1. The summed E-state index contributed by atoms with van der Waals surface area (Å²) in [4.78, 5) is 10.6. The molecule has 2 rings (SSSR count). The zero-order chi connectivity index (χ0) is 13.1. The van der Waals surface area contributed by atoms with Crippen molar-refractivity contribution < 1.29 is 14.3 Å². The molecule has 8 heteroatoms. The molecule has 0 aliphatic heterocycles. The van der Waals surface area contributed by atoms with Crippen LogP contribution in [0.3, 0.4) is 0 Å². The summed E-state index contributed by atoms with van der Waals surface area (Å²) in [6.45, 7) is 0.431. The van der Waals surface area contributed by atoms with E-state index in [-0.39, 0.29) is 6.42 Å². The molecule has 0 bridgehead atoms. The topological polar surface area (TPSA) is 107 Å². The van der Waals surface area contributed by atoms with Gasteiger partial charge in [-0.15, -0.1) is 5.10 Å². The Kier molecular flexibility index (Phi) is 3.78. The summed E-state index contributed by atoms with van der Waals surface area (Å²) in [6.07, 6.45) is 1.80. The molecule has 1 atom stereocenters. The third-order valence-electron chi connectivity index (χ3n) is 2.28. The Morgan fingerprint density at radius 3 is 3.00 bits per heavy atom. The standard InChI is InChI=1S/C10H11BrN4O3/c11-9-2-1-7(18-9)5-15-4-6(13-14-15)3-8(12)10(16)17/h1-2,4,8H,3,5,12H2,(H,16,17). The van der Waals surface area contributed by atoms with Crippen LogP contribution in [0.4, 0.5) is 0 Å². The van der Waals surface area contributed by atoms with Gasteiger partial charge in [0.2, 0.25) is 0 Å². The van der Waals surface area contributed by atoms with Gasteiger partial charge in [-0.25, -0.2) is 4.68 Å². The number of aliphatic carboxylic acids is 1. The van der Waals surface area contributed by atoms with Crippen LogP contribution in [0.1, 0.15) is 11.5 Å². The number of carboxylic acid groups (broad SMARTS) is 1. The molecule has 0 radical (unpaired) electrons. The first kappa shape index (κ1) is 12.8. The Bertz CT molecular complexity index is 551. The monoisotopic (exact) mass is 314 g/mol. The van der Waals surface area contributed by atoms with Crippen LogP contribution in [-0.2, 0) is 17.8 Å². The summed E-state index contributed by atoms with van der Waals surface area (Å²) in [5.41, 5.74) is 5.95. The predicted octanol–water partition coefficient (Wildman–Crippen LogP) is 0.636. The lowest BCUT2D eigenvalue weighted by molar-refractivity contribution is -0.138. The van der Waals surface area contributed by atoms with Crippen LogP contribution < -0.4 is 5.73 Å². The van der Waals surface area contributed by atoms with Crippen LogP contribution in [0.25, 0.3) is 0 Å². The normalized spacial score (nSPS) is 12.6. The van der Waals surface area contributed by atoms with E-state index in [0.29, 0.717) is 16.9 Å². The number of carboxylic acids is 1. The van der Waals surface area contributed by atoms with Gasteiger partial charge in [0, 0.05) is 12.6 Å². The van der Waals surface area contributed by atoms with Crippen LogP contribution in [0.15, 0.2) is 27.4 Å². The second-order valence-corrected chi connectivity index (χ2v) is 4.54. The highest BCUT2D eigenvalue weighted by molar-refractivity contribution is 9.10. The van der Waals surface area contributed by atoms with Gasteiger partial charge < -0.3 is 15.3 Å². The second-order valence-electron chi connectivity index (χ2n) is 3.76. The fourth-order valence-corrected chi connectivity index (χ4v) is 1.76. The van der Waals surface area contributed by atoms with E-state index in [1.807, 2.05) is 6.07 Å². The minimum absolute atomic E-state index is 0.150. The summed E-state index contributed by atoms with van der Waals surface area (Å²) >= 11 is 3.21. The lowest BCUT2D eigenvalue weighted by Crippen LogP contribution is -2.32. The van der Waals surface area contributed by atoms with E-state index in [0.717, 1.165) is 5.76 Å². The van der Waals surface area contributed by atoms with Gasteiger partial charge in [0.15, 0.2) is 4.67 Å². The van der Waals surface area contributed by atoms with E-state index >= 15 is 0 Å². The lowest BCUT2D eigenvalue weighted by Gasteiger charge is -2.01. The van der Waals surface area contributed by atoms with Gasteiger partial charge in [-0.3, -0.25) is 4.79 Å². The Balaban J connectivity index is 2.00. The van der Waals surface area contributed by atoms with Crippen LogP contribution in [0.2, 0.25) is 0 Å². The second kappa shape index (κ2) is 5.32. The zero-order valence-electron chi connectivity index (χ0n) is 9.28. The van der Waals surface area contributed by atoms with E-state index in [9.17, 15) is 4.79 Å². The number of hydrogen-bond donors (Lipinski definition) is 2. The van der Waals surface area contributed by atoms with Crippen LogP contribution in [0, 0.1) is 0 Å². The molecule has 0 fully saturated rings. The molecule has 2 aromatic rings. The number of nitrogens with zero attached hydrogens (tertiary/aromatic N) is 3. The number of hydrogen-bond acceptors (Lipinski definition) is 5. The average Bonchev–Trinajstić information content (AvgIpc) is 2.89. The van der Waals surface area contributed by atoms with Gasteiger partial charge in [-0.1, -0.05) is 5.21 Å². The maximum Gasteiger partial charge on any atom is 0.320 e. The molecule has 1 unspecified atom stereocenters. The molecular formula is C10H11BrN4O3. The minimum Gasteiger partial charge on any atom is -0.480 e. The van der Waals surface area contributed by atoms with E-state index in [1.54, 1.807) is 16.9 Å². The van der Waals surface area contributed by atoms with Crippen LogP contribution in [-0.4, -0.2) is 32.1 Å². The summed E-state index contributed by atoms with van der Waals surface area (Å²) < 4.78 is 7.53. The van der Waals surface area contributed by atoms with Crippen molar-refractivity contribution in [1.82, 2.24) is 15.0 Å². The van der Waals surface area contributed by atoms with Crippen molar-refractivity contribution in [2.24, 2.45) is 5.73 Å². The summed E-state index contributed by atoms with van der Waals surface area (Å²) in [5, 5.41) is 16.4. The van der Waals surface area contributed by atoms with E-state index in [1.165, 1.54) is 0 Å². The molecule has 0 saturated carbocycles. The molecule has 96 valence electrons. The van der Waals surface area contributed by atoms with Crippen LogP contribution >= 0.6 is 15.9 Å². The first-order chi connectivity index (χ1) is 8.54. The SMILES string of the molecule is NC(Cc1cn(Cc2ccc(Br)o2)nn1)C(=O)O. The number of furan rings is 1. The molecule has 18 heavy (non-hydrogen) atoms. The van der Waals surface area contributed by atoms with Crippen molar-refractivity contribution >= 4 is 21.9 Å². The summed E-state index contributed by atoms with van der Waals surface area (Å²) in [6, 6.07) is 2.63. The molecule has 3 N–H and O–H groups in total. The Morgan fingerprint density at radius 1 is 1.61 bits per heavy atom. The van der Waals surface area contributed by atoms with Gasteiger partial charge >= 0.3 is 5.97 Å². The van der Waals surface area contributed by atoms with E-state index in [2.05, 4.69) is 26.2 Å². The molecule has 0 aliphatic rings. The molecule has 0 saturated heterocycles. The third-order valence-corrected chi connectivity index (χ3v) is 2.71. The lowest BCUT2D eigenvalue weighted by atomic mass is 10.2. The Labute approximate surface area is 111 Å². The Morgan fingerprint density at radius 2 is 2.39 bits per heavy atom. The van der Waals surface area contributed by atoms with Gasteiger partial charge in [0.1, 0.15) is 18.3 Å². The highest BCUT2D eigenvalue weighted by Gasteiger charge is 2.14. The third kappa shape index (κ3) is 3.17. The molecule has 2 aromatic heterocycles. The van der Waals surface area contributed by atoms with Gasteiger partial charge in [-0.05, 0) is 28.1 Å². The first-order valence-corrected chi connectivity index (χ1v) is 5.95. The molecular weight excluding hydrogens is 304 g/mol. The van der Waals surface area contributed by atoms with Crippen LogP contribution in [0.5, 0.6) is 0 Å². The molecule has 0 aliphatic carbocycles. The smallest absolute Gasteiger partial charge is 0.320 e. The molecule has 0 spiro atoms. The summed E-state index contributed by atoms with van der Waals surface area (Å²) in [7, 11) is 0. The number of aromatic nitrogens is 3. The molecule has 0 amide bonds. The number of rotatable bonds is 5. The molecule has 7 nitrogen and oxygen atoms in total. The quantitative estimate of drug-likeness (QED) is 0.838. The summed E-state index contributed by atoms with van der Waals surface area (Å²) in [5.74, 6) is -0.333. The maximum absolute atomic E-state index is 10.6. The van der Waals surface area contributed by atoms with Gasteiger partial charge in [0.05, 0.1) is 5.69 Å². The van der Waals surface area contributed by atoms with Crippen molar-refractivity contribution in [2.45, 2.75) is 19.0 Å². The fraction of sp³-hybridized carbons (Fsp3) is 0.300. The average molecular weight is 315 g/mol. The largest absolute Gasteiger partial charge is 0.480 e. The maximum atomic E-state index is 10.6. The molecule has 0 aromatic carbocycles. The minimum atomic E-state index is -1.06. The molecule has 2 heterocycles. The Hall–Kier alpha value is -1.67. The zero-order valence-corrected chi connectivity index (χ0v) is 10.9. The fourth-order valence-electron chi connectivity index (χ4n) is 1.42. The number of nitrogens with two attached hydrogens (primary N) is 1. The van der Waals surface area contributed by atoms with Crippen molar-refractivity contribution in [3.05, 3.63) is 34.5 Å². The van der Waals surface area contributed by atoms with Gasteiger partial charge in [0.25, 0.3) is 0 Å². The van der Waals surface area contributed by atoms with Gasteiger partial charge in [-0.2, -0.15) is 0 Å². The first-order valence-electron chi connectivity index (χ1n) is 5.16. The predicted molar refractivity (Wildman–Crippen MR) is 64.8 cm³/mol. The van der Waals surface area contributed by atoms with Crippen molar-refractivity contribution in [3.8, 4) is 0 Å². The van der Waals surface area contributed by atoms with Crippen molar-refractivity contribution in [1.29, 1.82) is 0 Å². The highest BCUT2D eigenvalue weighted by Crippen LogP contribution is 2.14. The number of carbonyl (C=O) groups is 1. The van der Waals surface area contributed by atoms with Crippen molar-refractivity contribution in [3.63, 3.8) is 0 Å². The van der Waals surface area contributed by atoms with Crippen molar-refractivity contribution in [2.75, 3.05) is 0 Å². The van der Waals surface area contributed by atoms with E-state index < -0.39 is 12.0 Å². The highest BCUT2D eigenvalue weighted by atomic mass is 79.9.